The van der Waals surface area contributed by atoms with Gasteiger partial charge in [0.1, 0.15) is 18.5 Å². The third-order valence-electron chi connectivity index (χ3n) is 5.79. The number of β-amino-alcohol motifs (C(OH)–C–C–N with tert-alkyl or cyclic N) is 1. The van der Waals surface area contributed by atoms with Crippen molar-refractivity contribution in [1.82, 2.24) is 9.80 Å². The molecule has 0 radical (unpaired) electrons. The quantitative estimate of drug-likeness (QED) is 0.780. The van der Waals surface area contributed by atoms with Gasteiger partial charge in [0.05, 0.1) is 6.61 Å². The van der Waals surface area contributed by atoms with E-state index in [1.807, 2.05) is 12.1 Å². The molecule has 156 valence electrons. The first-order valence-electron chi connectivity index (χ1n) is 10.8. The first kappa shape index (κ1) is 20.4. The zero-order valence-electron chi connectivity index (χ0n) is 17.1. The van der Waals surface area contributed by atoms with Gasteiger partial charge in [-0.25, -0.2) is 0 Å². The van der Waals surface area contributed by atoms with Crippen molar-refractivity contribution < 1.29 is 14.6 Å². The lowest BCUT2D eigenvalue weighted by atomic mass is 10.00. The van der Waals surface area contributed by atoms with Gasteiger partial charge >= 0.3 is 0 Å². The summed E-state index contributed by atoms with van der Waals surface area (Å²) in [6.45, 7) is 7.35. The van der Waals surface area contributed by atoms with Crippen molar-refractivity contribution in [3.63, 3.8) is 0 Å². The molecule has 29 heavy (non-hydrogen) atoms. The minimum Gasteiger partial charge on any atom is -0.491 e. The Hall–Kier alpha value is -1.92. The molecule has 2 heterocycles. The number of hydrogen-bond acceptors (Lipinski definition) is 5. The average molecular weight is 397 g/mol. The van der Waals surface area contributed by atoms with Crippen molar-refractivity contribution in [3.8, 4) is 5.75 Å². The maximum Gasteiger partial charge on any atom is 0.123 e. The largest absolute Gasteiger partial charge is 0.491 e. The lowest BCUT2D eigenvalue weighted by Crippen LogP contribution is -2.38. The fourth-order valence-electron chi connectivity index (χ4n) is 4.22. The summed E-state index contributed by atoms with van der Waals surface area (Å²) in [4.78, 5) is 4.73. The van der Waals surface area contributed by atoms with Crippen LogP contribution in [0.1, 0.15) is 23.1 Å². The minimum atomic E-state index is -0.500. The standard InChI is InChI=1S/C24H32N2O3/c27-23(18-26-12-10-20-6-1-2-7-21(20)16-26)19-29-24-9-4-3-8-22(24)17-25-11-5-14-28-15-13-25/h1-4,6-9,23,27H,5,10-19H2/t23-/m1/s1. The van der Waals surface area contributed by atoms with Crippen LogP contribution in [0, 0.1) is 0 Å². The molecule has 0 spiro atoms. The van der Waals surface area contributed by atoms with Crippen molar-refractivity contribution in [1.29, 1.82) is 0 Å². The number of aliphatic hydroxyl groups excluding tert-OH is 1. The van der Waals surface area contributed by atoms with Gasteiger partial charge in [-0.1, -0.05) is 42.5 Å². The monoisotopic (exact) mass is 396 g/mol. The zero-order chi connectivity index (χ0) is 19.9. The van der Waals surface area contributed by atoms with Crippen molar-refractivity contribution in [2.45, 2.75) is 32.0 Å². The van der Waals surface area contributed by atoms with Gasteiger partial charge in [0, 0.05) is 51.4 Å². The van der Waals surface area contributed by atoms with Crippen LogP contribution in [0.3, 0.4) is 0 Å². The van der Waals surface area contributed by atoms with Crippen LogP contribution in [-0.2, 0) is 24.2 Å². The molecule has 1 saturated heterocycles. The second-order valence-corrected chi connectivity index (χ2v) is 8.07. The second-order valence-electron chi connectivity index (χ2n) is 8.07. The molecule has 0 aliphatic carbocycles. The highest BCUT2D eigenvalue weighted by atomic mass is 16.5. The van der Waals surface area contributed by atoms with E-state index in [0.717, 1.165) is 64.5 Å². The molecule has 1 atom stereocenters. The van der Waals surface area contributed by atoms with E-state index in [9.17, 15) is 5.11 Å². The predicted molar refractivity (Wildman–Crippen MR) is 114 cm³/mol. The number of benzene rings is 2. The summed E-state index contributed by atoms with van der Waals surface area (Å²) in [6.07, 6.45) is 1.62. The molecule has 2 aliphatic heterocycles. The number of rotatable bonds is 7. The van der Waals surface area contributed by atoms with Crippen LogP contribution < -0.4 is 4.74 Å². The second kappa shape index (κ2) is 10.2. The van der Waals surface area contributed by atoms with Crippen molar-refractivity contribution in [2.75, 3.05) is 46.0 Å². The summed E-state index contributed by atoms with van der Waals surface area (Å²) in [5, 5.41) is 10.6. The Morgan fingerprint density at radius 3 is 2.69 bits per heavy atom. The van der Waals surface area contributed by atoms with E-state index in [1.165, 1.54) is 16.7 Å². The molecule has 1 fully saturated rings. The number of fused-ring (bicyclic) bond motifs is 1. The summed E-state index contributed by atoms with van der Waals surface area (Å²) in [5.41, 5.74) is 3.98. The van der Waals surface area contributed by atoms with Gasteiger partial charge in [-0.05, 0) is 30.0 Å². The SMILES string of the molecule is O[C@@H](COc1ccccc1CN1CCCOCC1)CN1CCc2ccccc2C1. The smallest absolute Gasteiger partial charge is 0.123 e. The molecule has 0 bridgehead atoms. The fourth-order valence-corrected chi connectivity index (χ4v) is 4.22. The van der Waals surface area contributed by atoms with E-state index in [-0.39, 0.29) is 0 Å². The maximum atomic E-state index is 10.6. The molecule has 0 amide bonds. The van der Waals surface area contributed by atoms with Gasteiger partial charge in [-0.2, -0.15) is 0 Å². The summed E-state index contributed by atoms with van der Waals surface area (Å²) >= 11 is 0. The van der Waals surface area contributed by atoms with E-state index in [0.29, 0.717) is 13.2 Å². The van der Waals surface area contributed by atoms with E-state index in [1.54, 1.807) is 0 Å². The zero-order valence-corrected chi connectivity index (χ0v) is 17.1. The average Bonchev–Trinajstić information content (AvgIpc) is 3.02. The van der Waals surface area contributed by atoms with Gasteiger partial charge < -0.3 is 14.6 Å². The Balaban J connectivity index is 1.29. The van der Waals surface area contributed by atoms with E-state index in [2.05, 4.69) is 46.2 Å². The summed E-state index contributed by atoms with van der Waals surface area (Å²) < 4.78 is 11.6. The summed E-state index contributed by atoms with van der Waals surface area (Å²) in [6, 6.07) is 16.8. The third-order valence-corrected chi connectivity index (χ3v) is 5.79. The Kier molecular flexibility index (Phi) is 7.17. The highest BCUT2D eigenvalue weighted by molar-refractivity contribution is 5.33. The Labute approximate surface area is 173 Å². The van der Waals surface area contributed by atoms with Crippen LogP contribution in [0.5, 0.6) is 5.75 Å². The molecular weight excluding hydrogens is 364 g/mol. The van der Waals surface area contributed by atoms with Gasteiger partial charge in [-0.15, -0.1) is 0 Å². The Bertz CT molecular complexity index is 774. The highest BCUT2D eigenvalue weighted by Crippen LogP contribution is 2.22. The normalized spacial score (nSPS) is 19.3. The molecule has 5 nitrogen and oxygen atoms in total. The Morgan fingerprint density at radius 2 is 1.76 bits per heavy atom. The van der Waals surface area contributed by atoms with Crippen LogP contribution in [-0.4, -0.2) is 67.0 Å². The maximum absolute atomic E-state index is 10.6. The van der Waals surface area contributed by atoms with Crippen LogP contribution in [0.4, 0.5) is 0 Å². The van der Waals surface area contributed by atoms with Gasteiger partial charge in [0.15, 0.2) is 0 Å². The van der Waals surface area contributed by atoms with Gasteiger partial charge in [-0.3, -0.25) is 9.80 Å². The van der Waals surface area contributed by atoms with E-state index >= 15 is 0 Å². The third kappa shape index (κ3) is 5.80. The van der Waals surface area contributed by atoms with E-state index < -0.39 is 6.10 Å². The van der Waals surface area contributed by atoms with Crippen molar-refractivity contribution in [2.24, 2.45) is 0 Å². The van der Waals surface area contributed by atoms with Gasteiger partial charge in [0.2, 0.25) is 0 Å². The lowest BCUT2D eigenvalue weighted by Gasteiger charge is -2.30. The van der Waals surface area contributed by atoms with Crippen LogP contribution in [0.15, 0.2) is 48.5 Å². The van der Waals surface area contributed by atoms with Crippen LogP contribution in [0.25, 0.3) is 0 Å². The molecule has 2 aliphatic rings. The summed E-state index contributed by atoms with van der Waals surface area (Å²) in [5.74, 6) is 0.876. The van der Waals surface area contributed by atoms with Crippen LogP contribution in [0.2, 0.25) is 0 Å². The molecule has 1 N–H and O–H groups in total. The topological polar surface area (TPSA) is 45.2 Å². The van der Waals surface area contributed by atoms with E-state index in [4.69, 9.17) is 9.47 Å². The molecule has 5 heteroatoms. The molecular formula is C24H32N2O3. The number of nitrogens with zero attached hydrogens (tertiary/aromatic N) is 2. The molecule has 2 aromatic carbocycles. The Morgan fingerprint density at radius 1 is 0.931 bits per heavy atom. The molecule has 0 aromatic heterocycles. The first-order valence-corrected chi connectivity index (χ1v) is 10.8. The molecule has 0 saturated carbocycles. The number of aliphatic hydroxyl groups is 1. The highest BCUT2D eigenvalue weighted by Gasteiger charge is 2.19. The lowest BCUT2D eigenvalue weighted by molar-refractivity contribution is 0.0631. The van der Waals surface area contributed by atoms with Crippen molar-refractivity contribution in [3.05, 3.63) is 65.2 Å². The number of hydrogen-bond donors (Lipinski definition) is 1. The van der Waals surface area contributed by atoms with Crippen molar-refractivity contribution >= 4 is 0 Å². The number of para-hydroxylation sites is 1. The molecule has 4 rings (SSSR count). The van der Waals surface area contributed by atoms with Gasteiger partial charge in [0.25, 0.3) is 0 Å². The first-order chi connectivity index (χ1) is 14.3. The molecule has 0 unspecified atom stereocenters. The van der Waals surface area contributed by atoms with Crippen LogP contribution >= 0.6 is 0 Å². The minimum absolute atomic E-state index is 0.318. The predicted octanol–water partition coefficient (Wildman–Crippen LogP) is 2.71. The number of ether oxygens (including phenoxy) is 2. The fraction of sp³-hybridized carbons (Fsp3) is 0.500. The molecule has 2 aromatic rings. The summed E-state index contributed by atoms with van der Waals surface area (Å²) in [7, 11) is 0.